The first-order valence-electron chi connectivity index (χ1n) is 8.56. The Hall–Kier alpha value is -2.44. The molecule has 7 nitrogen and oxygen atoms in total. The molecule has 1 saturated heterocycles. The number of aryl methyl sites for hydroxylation is 1. The topological polar surface area (TPSA) is 67.2 Å². The second-order valence-corrected chi connectivity index (χ2v) is 6.62. The fraction of sp³-hybridized carbons (Fsp3) is 0.529. The lowest BCUT2D eigenvalue weighted by atomic mass is 10.2. The predicted molar refractivity (Wildman–Crippen MR) is 90.0 cm³/mol. The van der Waals surface area contributed by atoms with Gasteiger partial charge >= 0.3 is 0 Å². The highest BCUT2D eigenvalue weighted by molar-refractivity contribution is 5.77. The van der Waals surface area contributed by atoms with E-state index in [9.17, 15) is 4.79 Å². The van der Waals surface area contributed by atoms with Crippen LogP contribution in [0, 0.1) is 12.8 Å². The summed E-state index contributed by atoms with van der Waals surface area (Å²) in [5.41, 5.74) is 0. The monoisotopic (exact) mass is 326 g/mol. The summed E-state index contributed by atoms with van der Waals surface area (Å²) in [7, 11) is 0. The molecule has 0 spiro atoms. The van der Waals surface area contributed by atoms with E-state index in [0.717, 1.165) is 50.1 Å². The van der Waals surface area contributed by atoms with E-state index in [1.807, 2.05) is 28.7 Å². The van der Waals surface area contributed by atoms with Crippen molar-refractivity contribution in [1.29, 1.82) is 0 Å². The van der Waals surface area contributed by atoms with E-state index < -0.39 is 0 Å². The molecule has 4 rings (SSSR count). The van der Waals surface area contributed by atoms with Gasteiger partial charge in [-0.15, -0.1) is 0 Å². The number of carbonyl (C=O) groups excluding carboxylic acids is 1. The van der Waals surface area contributed by atoms with Gasteiger partial charge < -0.3 is 9.80 Å². The summed E-state index contributed by atoms with van der Waals surface area (Å²) in [4.78, 5) is 29.6. The SMILES string of the molecule is Cc1nc(N2CCN(C(=O)CC3CC3)CC2)cc(-n2ccnc2)n1. The molecular formula is C17H22N6O. The van der Waals surface area contributed by atoms with Crippen LogP contribution in [0.25, 0.3) is 5.82 Å². The number of imidazole rings is 1. The Morgan fingerprint density at radius 2 is 1.92 bits per heavy atom. The van der Waals surface area contributed by atoms with Gasteiger partial charge in [0.15, 0.2) is 0 Å². The van der Waals surface area contributed by atoms with Crippen molar-refractivity contribution in [3.8, 4) is 5.82 Å². The molecule has 1 aliphatic heterocycles. The molecule has 3 heterocycles. The van der Waals surface area contributed by atoms with Gasteiger partial charge in [0.05, 0.1) is 0 Å². The third-order valence-corrected chi connectivity index (χ3v) is 4.70. The average molecular weight is 326 g/mol. The van der Waals surface area contributed by atoms with E-state index in [2.05, 4.69) is 19.9 Å². The Labute approximate surface area is 141 Å². The number of piperazine rings is 1. The van der Waals surface area contributed by atoms with Crippen molar-refractivity contribution in [2.45, 2.75) is 26.2 Å². The van der Waals surface area contributed by atoms with Crippen LogP contribution in [0.5, 0.6) is 0 Å². The van der Waals surface area contributed by atoms with Crippen molar-refractivity contribution in [2.75, 3.05) is 31.1 Å². The molecular weight excluding hydrogens is 304 g/mol. The van der Waals surface area contributed by atoms with Gasteiger partial charge in [-0.2, -0.15) is 0 Å². The van der Waals surface area contributed by atoms with E-state index in [4.69, 9.17) is 0 Å². The minimum atomic E-state index is 0.315. The quantitative estimate of drug-likeness (QED) is 0.850. The lowest BCUT2D eigenvalue weighted by Crippen LogP contribution is -2.49. The van der Waals surface area contributed by atoms with Crippen LogP contribution >= 0.6 is 0 Å². The van der Waals surface area contributed by atoms with Gasteiger partial charge in [-0.25, -0.2) is 15.0 Å². The van der Waals surface area contributed by atoms with E-state index in [1.54, 1.807) is 12.5 Å². The van der Waals surface area contributed by atoms with Crippen molar-refractivity contribution in [2.24, 2.45) is 5.92 Å². The van der Waals surface area contributed by atoms with Gasteiger partial charge in [0.1, 0.15) is 23.8 Å². The van der Waals surface area contributed by atoms with E-state index in [0.29, 0.717) is 11.8 Å². The molecule has 1 aliphatic carbocycles. The minimum absolute atomic E-state index is 0.315. The molecule has 24 heavy (non-hydrogen) atoms. The van der Waals surface area contributed by atoms with E-state index >= 15 is 0 Å². The van der Waals surface area contributed by atoms with Crippen LogP contribution in [0.3, 0.4) is 0 Å². The summed E-state index contributed by atoms with van der Waals surface area (Å²) in [6, 6.07) is 1.98. The number of aromatic nitrogens is 4. The third kappa shape index (κ3) is 3.25. The van der Waals surface area contributed by atoms with Crippen molar-refractivity contribution < 1.29 is 4.79 Å². The first kappa shape index (κ1) is 15.1. The van der Waals surface area contributed by atoms with Crippen molar-refractivity contribution >= 4 is 11.7 Å². The van der Waals surface area contributed by atoms with Gasteiger partial charge in [-0.3, -0.25) is 9.36 Å². The number of nitrogens with zero attached hydrogens (tertiary/aromatic N) is 6. The van der Waals surface area contributed by atoms with Gasteiger partial charge in [-0.1, -0.05) is 0 Å². The zero-order valence-electron chi connectivity index (χ0n) is 13.9. The summed E-state index contributed by atoms with van der Waals surface area (Å²) in [5, 5.41) is 0. The fourth-order valence-electron chi connectivity index (χ4n) is 3.11. The number of amides is 1. The van der Waals surface area contributed by atoms with Crippen molar-refractivity contribution in [1.82, 2.24) is 24.4 Å². The third-order valence-electron chi connectivity index (χ3n) is 4.70. The van der Waals surface area contributed by atoms with Crippen LogP contribution in [0.2, 0.25) is 0 Å². The minimum Gasteiger partial charge on any atom is -0.353 e. The highest BCUT2D eigenvalue weighted by Crippen LogP contribution is 2.33. The molecule has 0 unspecified atom stereocenters. The van der Waals surface area contributed by atoms with Gasteiger partial charge in [-0.05, 0) is 25.7 Å². The summed E-state index contributed by atoms with van der Waals surface area (Å²) in [5.74, 6) is 3.44. The predicted octanol–water partition coefficient (Wildman–Crippen LogP) is 1.42. The van der Waals surface area contributed by atoms with Crippen molar-refractivity contribution in [3.63, 3.8) is 0 Å². The Kier molecular flexibility index (Phi) is 3.92. The molecule has 1 saturated carbocycles. The van der Waals surface area contributed by atoms with Crippen LogP contribution in [-0.2, 0) is 4.79 Å². The average Bonchev–Trinajstić information content (AvgIpc) is 3.23. The normalized spacial score (nSPS) is 18.0. The lowest BCUT2D eigenvalue weighted by Gasteiger charge is -2.35. The molecule has 2 aromatic heterocycles. The highest BCUT2D eigenvalue weighted by Gasteiger charge is 2.29. The first-order chi connectivity index (χ1) is 11.7. The molecule has 2 fully saturated rings. The van der Waals surface area contributed by atoms with Crippen LogP contribution in [-0.4, -0.2) is 56.5 Å². The van der Waals surface area contributed by atoms with Crippen LogP contribution in [0.4, 0.5) is 5.82 Å². The molecule has 0 radical (unpaired) electrons. The molecule has 0 aromatic carbocycles. The van der Waals surface area contributed by atoms with Crippen LogP contribution in [0.1, 0.15) is 25.1 Å². The number of carbonyl (C=O) groups is 1. The van der Waals surface area contributed by atoms with Gasteiger partial charge in [0.25, 0.3) is 0 Å². The highest BCUT2D eigenvalue weighted by atomic mass is 16.2. The summed E-state index contributed by atoms with van der Waals surface area (Å²) >= 11 is 0. The summed E-state index contributed by atoms with van der Waals surface area (Å²) in [6.45, 7) is 5.08. The standard InChI is InChI=1S/C17H22N6O/c1-13-19-15(11-16(20-13)23-5-4-18-12-23)21-6-8-22(9-7-21)17(24)10-14-2-3-14/h4-5,11-12,14H,2-3,6-10H2,1H3. The van der Waals surface area contributed by atoms with E-state index in [1.165, 1.54) is 12.8 Å². The maximum atomic E-state index is 12.2. The van der Waals surface area contributed by atoms with E-state index in [-0.39, 0.29) is 0 Å². The largest absolute Gasteiger partial charge is 0.353 e. The molecule has 0 bridgehead atoms. The molecule has 2 aliphatic rings. The maximum Gasteiger partial charge on any atom is 0.222 e. The lowest BCUT2D eigenvalue weighted by molar-refractivity contribution is -0.131. The number of hydrogen-bond acceptors (Lipinski definition) is 5. The van der Waals surface area contributed by atoms with Gasteiger partial charge in [0, 0.05) is 51.1 Å². The molecule has 2 aromatic rings. The summed E-state index contributed by atoms with van der Waals surface area (Å²) < 4.78 is 1.88. The number of anilines is 1. The number of hydrogen-bond donors (Lipinski definition) is 0. The molecule has 126 valence electrons. The second-order valence-electron chi connectivity index (χ2n) is 6.62. The first-order valence-corrected chi connectivity index (χ1v) is 8.56. The van der Waals surface area contributed by atoms with Crippen LogP contribution < -0.4 is 4.90 Å². The Morgan fingerprint density at radius 3 is 2.58 bits per heavy atom. The smallest absolute Gasteiger partial charge is 0.222 e. The Balaban J connectivity index is 1.44. The summed E-state index contributed by atoms with van der Waals surface area (Å²) in [6.07, 6.45) is 8.53. The van der Waals surface area contributed by atoms with Crippen LogP contribution in [0.15, 0.2) is 24.8 Å². The maximum absolute atomic E-state index is 12.2. The fourth-order valence-corrected chi connectivity index (χ4v) is 3.11. The zero-order valence-corrected chi connectivity index (χ0v) is 13.9. The molecule has 7 heteroatoms. The van der Waals surface area contributed by atoms with Crippen molar-refractivity contribution in [3.05, 3.63) is 30.6 Å². The Bertz CT molecular complexity index is 717. The second kappa shape index (κ2) is 6.22. The molecule has 0 atom stereocenters. The molecule has 1 amide bonds. The van der Waals surface area contributed by atoms with Gasteiger partial charge in [0.2, 0.25) is 5.91 Å². The number of rotatable bonds is 4. The zero-order chi connectivity index (χ0) is 16.5. The Morgan fingerprint density at radius 1 is 1.17 bits per heavy atom. The molecule has 0 N–H and O–H groups in total.